The fourth-order valence-corrected chi connectivity index (χ4v) is 2.12. The van der Waals surface area contributed by atoms with Gasteiger partial charge in [-0.3, -0.25) is 0 Å². The van der Waals surface area contributed by atoms with Gasteiger partial charge in [0.15, 0.2) is 0 Å². The van der Waals surface area contributed by atoms with Crippen LogP contribution in [-0.2, 0) is 4.74 Å². The van der Waals surface area contributed by atoms with Crippen LogP contribution < -0.4 is 11.1 Å². The third-order valence-corrected chi connectivity index (χ3v) is 3.52. The monoisotopic (exact) mass is 300 g/mol. The van der Waals surface area contributed by atoms with Crippen molar-refractivity contribution >= 4 is 21.6 Å². The van der Waals surface area contributed by atoms with Gasteiger partial charge in [-0.05, 0) is 40.5 Å². The molecule has 1 aromatic rings. The molecule has 0 saturated heterocycles. The first-order valence-corrected chi connectivity index (χ1v) is 6.59. The topological polar surface area (TPSA) is 47.3 Å². The molecule has 96 valence electrons. The normalized spacial score (nSPS) is 14.4. The fraction of sp³-hybridized carbons (Fsp3) is 0.538. The standard InChI is InChI=1S/C13H21BrN2O/c1-9-4-5-11(14)12(6-9)16-13(7-15)10(2)8-17-3/h4-6,10,13,16H,7-8,15H2,1-3H3. The Balaban J connectivity index is 2.76. The molecule has 0 amide bonds. The first-order valence-electron chi connectivity index (χ1n) is 5.80. The van der Waals surface area contributed by atoms with Crippen LogP contribution in [0.15, 0.2) is 22.7 Å². The lowest BCUT2D eigenvalue weighted by Gasteiger charge is -2.25. The minimum Gasteiger partial charge on any atom is -0.384 e. The second kappa shape index (κ2) is 6.99. The van der Waals surface area contributed by atoms with Gasteiger partial charge in [-0.25, -0.2) is 0 Å². The summed E-state index contributed by atoms with van der Waals surface area (Å²) < 4.78 is 6.23. The first-order chi connectivity index (χ1) is 8.08. The predicted molar refractivity (Wildman–Crippen MR) is 76.4 cm³/mol. The maximum atomic E-state index is 5.81. The van der Waals surface area contributed by atoms with Gasteiger partial charge in [-0.1, -0.05) is 13.0 Å². The average Bonchev–Trinajstić information content (AvgIpc) is 2.30. The highest BCUT2D eigenvalue weighted by molar-refractivity contribution is 9.10. The molecule has 3 nitrogen and oxygen atoms in total. The number of hydrogen-bond donors (Lipinski definition) is 2. The summed E-state index contributed by atoms with van der Waals surface area (Å²) in [6.45, 7) is 5.51. The number of hydrogen-bond acceptors (Lipinski definition) is 3. The van der Waals surface area contributed by atoms with Crippen molar-refractivity contribution in [3.05, 3.63) is 28.2 Å². The van der Waals surface area contributed by atoms with Crippen LogP contribution in [0.4, 0.5) is 5.69 Å². The van der Waals surface area contributed by atoms with Crippen LogP contribution in [0.1, 0.15) is 12.5 Å². The summed E-state index contributed by atoms with van der Waals surface area (Å²) >= 11 is 3.54. The predicted octanol–water partition coefficient (Wildman–Crippen LogP) is 2.78. The molecule has 2 unspecified atom stereocenters. The molecule has 0 heterocycles. The van der Waals surface area contributed by atoms with Crippen LogP contribution >= 0.6 is 15.9 Å². The quantitative estimate of drug-likeness (QED) is 0.849. The van der Waals surface area contributed by atoms with Crippen molar-refractivity contribution in [3.63, 3.8) is 0 Å². The van der Waals surface area contributed by atoms with E-state index in [1.165, 1.54) is 5.56 Å². The van der Waals surface area contributed by atoms with Gasteiger partial charge in [0.05, 0.1) is 6.61 Å². The van der Waals surface area contributed by atoms with Crippen molar-refractivity contribution in [2.75, 3.05) is 25.6 Å². The van der Waals surface area contributed by atoms with E-state index in [-0.39, 0.29) is 6.04 Å². The second-order valence-corrected chi connectivity index (χ2v) is 5.26. The van der Waals surface area contributed by atoms with Crippen LogP contribution in [0.5, 0.6) is 0 Å². The Morgan fingerprint density at radius 1 is 1.47 bits per heavy atom. The van der Waals surface area contributed by atoms with E-state index in [0.717, 1.165) is 10.2 Å². The van der Waals surface area contributed by atoms with Gasteiger partial charge in [0, 0.05) is 35.8 Å². The third kappa shape index (κ3) is 4.30. The van der Waals surface area contributed by atoms with Crippen molar-refractivity contribution in [1.82, 2.24) is 0 Å². The van der Waals surface area contributed by atoms with Crippen molar-refractivity contribution < 1.29 is 4.74 Å². The van der Waals surface area contributed by atoms with Gasteiger partial charge >= 0.3 is 0 Å². The molecule has 3 N–H and O–H groups in total. The first kappa shape index (κ1) is 14.5. The van der Waals surface area contributed by atoms with Crippen molar-refractivity contribution in [2.24, 2.45) is 11.7 Å². The van der Waals surface area contributed by atoms with Crippen molar-refractivity contribution in [1.29, 1.82) is 0 Å². The number of aryl methyl sites for hydroxylation is 1. The molecule has 0 bridgehead atoms. The summed E-state index contributed by atoms with van der Waals surface area (Å²) in [5.74, 6) is 0.373. The molecule has 0 aliphatic carbocycles. The summed E-state index contributed by atoms with van der Waals surface area (Å²) in [5, 5.41) is 3.47. The van der Waals surface area contributed by atoms with Crippen LogP contribution in [-0.4, -0.2) is 26.3 Å². The molecule has 4 heteroatoms. The number of rotatable bonds is 6. The van der Waals surface area contributed by atoms with Crippen LogP contribution in [0.3, 0.4) is 0 Å². The third-order valence-electron chi connectivity index (χ3n) is 2.83. The summed E-state index contributed by atoms with van der Waals surface area (Å²) in [6.07, 6.45) is 0. The highest BCUT2D eigenvalue weighted by atomic mass is 79.9. The number of ether oxygens (including phenoxy) is 1. The Labute approximate surface area is 112 Å². The molecule has 0 aromatic heterocycles. The van der Waals surface area contributed by atoms with E-state index < -0.39 is 0 Å². The highest BCUT2D eigenvalue weighted by Gasteiger charge is 2.16. The second-order valence-electron chi connectivity index (χ2n) is 4.40. The number of methoxy groups -OCH3 is 1. The number of nitrogens with one attached hydrogen (secondary N) is 1. The molecule has 1 rings (SSSR count). The minimum atomic E-state index is 0.216. The maximum Gasteiger partial charge on any atom is 0.0507 e. The maximum absolute atomic E-state index is 5.81. The van der Waals surface area contributed by atoms with Gasteiger partial charge in [0.25, 0.3) is 0 Å². The van der Waals surface area contributed by atoms with Crippen molar-refractivity contribution in [3.8, 4) is 0 Å². The lowest BCUT2D eigenvalue weighted by Crippen LogP contribution is -2.37. The van der Waals surface area contributed by atoms with Crippen LogP contribution in [0.2, 0.25) is 0 Å². The average molecular weight is 301 g/mol. The molecule has 0 fully saturated rings. The molecule has 1 aromatic carbocycles. The zero-order valence-corrected chi connectivity index (χ0v) is 12.3. The molecule has 0 aliphatic rings. The molecule has 0 radical (unpaired) electrons. The lowest BCUT2D eigenvalue weighted by atomic mass is 10.0. The number of benzene rings is 1. The van der Waals surface area contributed by atoms with Gasteiger partial charge in [0.1, 0.15) is 0 Å². The summed E-state index contributed by atoms with van der Waals surface area (Å²) in [4.78, 5) is 0. The number of halogens is 1. The zero-order valence-electron chi connectivity index (χ0n) is 10.7. The summed E-state index contributed by atoms with van der Waals surface area (Å²) in [7, 11) is 1.71. The Hall–Kier alpha value is -0.580. The number of anilines is 1. The molecule has 17 heavy (non-hydrogen) atoms. The van der Waals surface area contributed by atoms with Crippen LogP contribution in [0.25, 0.3) is 0 Å². The van der Waals surface area contributed by atoms with Gasteiger partial charge < -0.3 is 15.8 Å². The summed E-state index contributed by atoms with van der Waals surface area (Å²) in [5.41, 5.74) is 8.12. The molecular weight excluding hydrogens is 280 g/mol. The Kier molecular flexibility index (Phi) is 5.95. The molecule has 0 saturated carbocycles. The van der Waals surface area contributed by atoms with Crippen LogP contribution in [0, 0.1) is 12.8 Å². The smallest absolute Gasteiger partial charge is 0.0507 e. The molecule has 0 aliphatic heterocycles. The summed E-state index contributed by atoms with van der Waals surface area (Å²) in [6, 6.07) is 6.46. The minimum absolute atomic E-state index is 0.216. The van der Waals surface area contributed by atoms with E-state index in [0.29, 0.717) is 19.1 Å². The molecule has 0 spiro atoms. The van der Waals surface area contributed by atoms with Gasteiger partial charge in [-0.2, -0.15) is 0 Å². The lowest BCUT2D eigenvalue weighted by molar-refractivity contribution is 0.151. The van der Waals surface area contributed by atoms with E-state index >= 15 is 0 Å². The number of nitrogens with two attached hydrogens (primary N) is 1. The van der Waals surface area contributed by atoms with E-state index in [4.69, 9.17) is 10.5 Å². The van der Waals surface area contributed by atoms with E-state index in [1.54, 1.807) is 7.11 Å². The fourth-order valence-electron chi connectivity index (χ4n) is 1.76. The molecule has 2 atom stereocenters. The SMILES string of the molecule is COCC(C)C(CN)Nc1cc(C)ccc1Br. The Bertz CT molecular complexity index is 357. The Morgan fingerprint density at radius 3 is 2.76 bits per heavy atom. The van der Waals surface area contributed by atoms with E-state index in [1.807, 2.05) is 6.07 Å². The van der Waals surface area contributed by atoms with Gasteiger partial charge in [0.2, 0.25) is 0 Å². The largest absolute Gasteiger partial charge is 0.384 e. The Morgan fingerprint density at radius 2 is 2.18 bits per heavy atom. The van der Waals surface area contributed by atoms with Crippen molar-refractivity contribution in [2.45, 2.75) is 19.9 Å². The van der Waals surface area contributed by atoms with E-state index in [9.17, 15) is 0 Å². The molecular formula is C13H21BrN2O. The van der Waals surface area contributed by atoms with E-state index in [2.05, 4.69) is 47.2 Å². The highest BCUT2D eigenvalue weighted by Crippen LogP contribution is 2.25. The van der Waals surface area contributed by atoms with Gasteiger partial charge in [-0.15, -0.1) is 0 Å². The zero-order chi connectivity index (χ0) is 12.8.